The Morgan fingerprint density at radius 1 is 1.36 bits per heavy atom. The fourth-order valence-electron chi connectivity index (χ4n) is 2.62. The number of nitrogens with one attached hydrogen (secondary N) is 2. The molecule has 0 radical (unpaired) electrons. The normalized spacial score (nSPS) is 14.1. The van der Waals surface area contributed by atoms with Crippen molar-refractivity contribution < 1.29 is 4.79 Å². The zero-order chi connectivity index (χ0) is 17.1. The SMILES string of the molecule is O=C(CSc1nnnn1C1CC1)NCCCc1nc2ccccc2[nH]1. The molecule has 0 bridgehead atoms. The highest BCUT2D eigenvalue weighted by Crippen LogP contribution is 2.36. The van der Waals surface area contributed by atoms with Crippen molar-refractivity contribution in [2.24, 2.45) is 0 Å². The van der Waals surface area contributed by atoms with Crippen LogP contribution in [-0.4, -0.2) is 48.4 Å². The second-order valence-electron chi connectivity index (χ2n) is 6.08. The van der Waals surface area contributed by atoms with Crippen molar-refractivity contribution in [3.05, 3.63) is 30.1 Å². The Labute approximate surface area is 148 Å². The average molecular weight is 357 g/mol. The van der Waals surface area contributed by atoms with Crippen molar-refractivity contribution in [1.82, 2.24) is 35.5 Å². The molecule has 130 valence electrons. The lowest BCUT2D eigenvalue weighted by Crippen LogP contribution is -2.26. The molecular weight excluding hydrogens is 338 g/mol. The second kappa shape index (κ2) is 7.22. The summed E-state index contributed by atoms with van der Waals surface area (Å²) in [5.74, 6) is 1.28. The number of carbonyl (C=O) groups is 1. The average Bonchev–Trinajstić information content (AvgIpc) is 3.21. The number of rotatable bonds is 8. The molecule has 0 saturated heterocycles. The fraction of sp³-hybridized carbons (Fsp3) is 0.438. The minimum atomic E-state index is -0.0000436. The Balaban J connectivity index is 1.18. The maximum atomic E-state index is 12.0. The molecule has 2 N–H and O–H groups in total. The third-order valence-electron chi connectivity index (χ3n) is 4.04. The van der Waals surface area contributed by atoms with Gasteiger partial charge >= 0.3 is 0 Å². The van der Waals surface area contributed by atoms with Gasteiger partial charge in [-0.3, -0.25) is 4.79 Å². The highest BCUT2D eigenvalue weighted by Gasteiger charge is 2.28. The predicted molar refractivity (Wildman–Crippen MR) is 94.2 cm³/mol. The zero-order valence-corrected chi connectivity index (χ0v) is 14.5. The topological polar surface area (TPSA) is 101 Å². The van der Waals surface area contributed by atoms with Crippen LogP contribution in [0.25, 0.3) is 11.0 Å². The van der Waals surface area contributed by atoms with Crippen molar-refractivity contribution in [2.45, 2.75) is 36.9 Å². The van der Waals surface area contributed by atoms with Gasteiger partial charge in [0.1, 0.15) is 5.82 Å². The fourth-order valence-corrected chi connectivity index (χ4v) is 3.39. The molecule has 25 heavy (non-hydrogen) atoms. The first-order valence-electron chi connectivity index (χ1n) is 8.40. The van der Waals surface area contributed by atoms with E-state index in [1.807, 2.05) is 28.9 Å². The van der Waals surface area contributed by atoms with Gasteiger partial charge in [0.05, 0.1) is 22.8 Å². The summed E-state index contributed by atoms with van der Waals surface area (Å²) in [6, 6.07) is 8.39. The van der Waals surface area contributed by atoms with E-state index in [4.69, 9.17) is 0 Å². The molecular formula is C16H19N7OS. The Bertz CT molecular complexity index is 837. The molecule has 1 aromatic carbocycles. The number of hydrogen-bond donors (Lipinski definition) is 2. The molecule has 4 rings (SSSR count). The van der Waals surface area contributed by atoms with E-state index in [2.05, 4.69) is 30.8 Å². The first kappa shape index (κ1) is 16.1. The predicted octanol–water partition coefficient (Wildman–Crippen LogP) is 1.73. The summed E-state index contributed by atoms with van der Waals surface area (Å²) in [7, 11) is 0. The Morgan fingerprint density at radius 3 is 3.08 bits per heavy atom. The second-order valence-corrected chi connectivity index (χ2v) is 7.02. The van der Waals surface area contributed by atoms with Gasteiger partial charge in [0.2, 0.25) is 11.1 Å². The molecule has 0 spiro atoms. The molecule has 0 aliphatic heterocycles. The minimum absolute atomic E-state index is 0.0000436. The number of nitrogens with zero attached hydrogens (tertiary/aromatic N) is 5. The van der Waals surface area contributed by atoms with Crippen molar-refractivity contribution in [2.75, 3.05) is 12.3 Å². The van der Waals surface area contributed by atoms with Gasteiger partial charge in [0.25, 0.3) is 0 Å². The maximum Gasteiger partial charge on any atom is 0.230 e. The van der Waals surface area contributed by atoms with Crippen molar-refractivity contribution in [3.8, 4) is 0 Å². The minimum Gasteiger partial charge on any atom is -0.355 e. The summed E-state index contributed by atoms with van der Waals surface area (Å²) in [4.78, 5) is 19.8. The molecule has 1 amide bonds. The van der Waals surface area contributed by atoms with E-state index in [-0.39, 0.29) is 5.91 Å². The summed E-state index contributed by atoms with van der Waals surface area (Å²) in [5.41, 5.74) is 2.03. The number of fused-ring (bicyclic) bond motifs is 1. The summed E-state index contributed by atoms with van der Waals surface area (Å²) < 4.78 is 1.82. The van der Waals surface area contributed by atoms with Crippen LogP contribution in [0.3, 0.4) is 0 Å². The van der Waals surface area contributed by atoms with E-state index in [9.17, 15) is 4.79 Å². The number of para-hydroxylation sites is 2. The monoisotopic (exact) mass is 357 g/mol. The first-order chi connectivity index (χ1) is 12.3. The molecule has 3 aromatic rings. The summed E-state index contributed by atoms with van der Waals surface area (Å²) in [6.45, 7) is 0.629. The lowest BCUT2D eigenvalue weighted by Gasteiger charge is -2.04. The molecule has 9 heteroatoms. The largest absolute Gasteiger partial charge is 0.355 e. The summed E-state index contributed by atoms with van der Waals surface area (Å²) in [6.07, 6.45) is 3.89. The van der Waals surface area contributed by atoms with Crippen LogP contribution in [0.5, 0.6) is 0 Å². The van der Waals surface area contributed by atoms with Crippen LogP contribution in [0.2, 0.25) is 0 Å². The Hall–Kier alpha value is -2.42. The number of imidazole rings is 1. The standard InChI is InChI=1S/C16H19N7OS/c24-15(10-25-16-20-21-22-23(16)11-7-8-11)17-9-3-6-14-18-12-4-1-2-5-13(12)19-14/h1-2,4-5,11H,3,6-10H2,(H,17,24)(H,18,19). The molecule has 8 nitrogen and oxygen atoms in total. The van der Waals surface area contributed by atoms with Crippen molar-refractivity contribution in [1.29, 1.82) is 0 Å². The van der Waals surface area contributed by atoms with E-state index in [1.165, 1.54) is 11.8 Å². The van der Waals surface area contributed by atoms with E-state index in [0.29, 0.717) is 18.3 Å². The molecule has 1 fully saturated rings. The lowest BCUT2D eigenvalue weighted by atomic mass is 10.3. The molecule has 0 atom stereocenters. The number of aromatic nitrogens is 6. The van der Waals surface area contributed by atoms with Crippen molar-refractivity contribution >= 4 is 28.7 Å². The third-order valence-corrected chi connectivity index (χ3v) is 4.97. The molecule has 2 aromatic heterocycles. The number of thioether (sulfide) groups is 1. The number of benzene rings is 1. The van der Waals surface area contributed by atoms with Gasteiger partial charge < -0.3 is 10.3 Å². The summed E-state index contributed by atoms with van der Waals surface area (Å²) >= 11 is 1.38. The van der Waals surface area contributed by atoms with E-state index >= 15 is 0 Å². The van der Waals surface area contributed by atoms with Crippen molar-refractivity contribution in [3.63, 3.8) is 0 Å². The van der Waals surface area contributed by atoms with Crippen LogP contribution in [-0.2, 0) is 11.2 Å². The Kier molecular flexibility index (Phi) is 4.64. The maximum absolute atomic E-state index is 12.0. The van der Waals surface area contributed by atoms with Crippen LogP contribution in [0, 0.1) is 0 Å². The van der Waals surface area contributed by atoms with Gasteiger partial charge in [0, 0.05) is 13.0 Å². The van der Waals surface area contributed by atoms with Gasteiger partial charge in [0.15, 0.2) is 0 Å². The zero-order valence-electron chi connectivity index (χ0n) is 13.7. The van der Waals surface area contributed by atoms with Crippen LogP contribution in [0.1, 0.15) is 31.1 Å². The van der Waals surface area contributed by atoms with Gasteiger partial charge in [-0.2, -0.15) is 0 Å². The van der Waals surface area contributed by atoms with E-state index in [0.717, 1.165) is 47.7 Å². The van der Waals surface area contributed by atoms with Crippen LogP contribution < -0.4 is 5.32 Å². The highest BCUT2D eigenvalue weighted by molar-refractivity contribution is 7.99. The number of aryl methyl sites for hydroxylation is 1. The number of tetrazole rings is 1. The molecule has 2 heterocycles. The van der Waals surface area contributed by atoms with Crippen LogP contribution in [0.15, 0.2) is 29.4 Å². The number of carbonyl (C=O) groups excluding carboxylic acids is 1. The number of amides is 1. The van der Waals surface area contributed by atoms with Gasteiger partial charge in [-0.15, -0.1) is 5.10 Å². The Morgan fingerprint density at radius 2 is 2.24 bits per heavy atom. The lowest BCUT2D eigenvalue weighted by molar-refractivity contribution is -0.118. The van der Waals surface area contributed by atoms with Gasteiger partial charge in [-0.1, -0.05) is 23.9 Å². The number of H-pyrrole nitrogens is 1. The smallest absolute Gasteiger partial charge is 0.230 e. The molecule has 0 unspecified atom stereocenters. The van der Waals surface area contributed by atoms with Crippen LogP contribution >= 0.6 is 11.8 Å². The van der Waals surface area contributed by atoms with E-state index in [1.54, 1.807) is 0 Å². The van der Waals surface area contributed by atoms with Crippen LogP contribution in [0.4, 0.5) is 0 Å². The van der Waals surface area contributed by atoms with Gasteiger partial charge in [-0.25, -0.2) is 9.67 Å². The molecule has 1 aliphatic rings. The summed E-state index contributed by atoms with van der Waals surface area (Å²) in [5, 5.41) is 15.3. The molecule has 1 saturated carbocycles. The first-order valence-corrected chi connectivity index (χ1v) is 9.39. The quantitative estimate of drug-likeness (QED) is 0.470. The number of hydrogen-bond acceptors (Lipinski definition) is 6. The van der Waals surface area contributed by atoms with Gasteiger partial charge in [-0.05, 0) is 41.8 Å². The highest BCUT2D eigenvalue weighted by atomic mass is 32.2. The number of aromatic amines is 1. The third kappa shape index (κ3) is 3.98. The molecule has 1 aliphatic carbocycles. The van der Waals surface area contributed by atoms with E-state index < -0.39 is 0 Å².